The molecular weight excluding hydrogens is 220 g/mol. The Bertz CT molecular complexity index is 374. The van der Waals surface area contributed by atoms with Crippen LogP contribution in [0.25, 0.3) is 0 Å². The zero-order valence-electron chi connectivity index (χ0n) is 9.38. The fraction of sp³-hybridized carbons (Fsp3) is 0.462. The van der Waals surface area contributed by atoms with Crippen molar-refractivity contribution in [2.45, 2.75) is 32.2 Å². The SMILES string of the molecule is Clc1ccccc1CNC1=NCCCCC1. The first-order valence-electron chi connectivity index (χ1n) is 5.87. The van der Waals surface area contributed by atoms with E-state index in [-0.39, 0.29) is 0 Å². The summed E-state index contributed by atoms with van der Waals surface area (Å²) >= 11 is 6.09. The molecule has 1 aliphatic heterocycles. The summed E-state index contributed by atoms with van der Waals surface area (Å²) in [6, 6.07) is 7.94. The Hall–Kier alpha value is -1.02. The summed E-state index contributed by atoms with van der Waals surface area (Å²) < 4.78 is 0. The number of hydrogen-bond acceptors (Lipinski definition) is 2. The summed E-state index contributed by atoms with van der Waals surface area (Å²) in [5.74, 6) is 1.14. The third-order valence-corrected chi connectivity index (χ3v) is 3.18. The van der Waals surface area contributed by atoms with Crippen molar-refractivity contribution in [3.63, 3.8) is 0 Å². The Balaban J connectivity index is 1.91. The van der Waals surface area contributed by atoms with Crippen LogP contribution >= 0.6 is 11.6 Å². The summed E-state index contributed by atoms with van der Waals surface area (Å²) in [7, 11) is 0. The van der Waals surface area contributed by atoms with Crippen molar-refractivity contribution in [3.8, 4) is 0 Å². The molecule has 1 aromatic rings. The molecule has 0 radical (unpaired) electrons. The molecule has 0 amide bonds. The largest absolute Gasteiger partial charge is 0.370 e. The molecule has 0 bridgehead atoms. The predicted octanol–water partition coefficient (Wildman–Crippen LogP) is 3.40. The molecule has 2 nitrogen and oxygen atoms in total. The normalized spacial score (nSPS) is 16.4. The number of rotatable bonds is 2. The fourth-order valence-electron chi connectivity index (χ4n) is 1.86. The van der Waals surface area contributed by atoms with Gasteiger partial charge in [0.25, 0.3) is 0 Å². The first-order valence-corrected chi connectivity index (χ1v) is 6.24. The lowest BCUT2D eigenvalue weighted by Crippen LogP contribution is -2.22. The maximum atomic E-state index is 6.09. The topological polar surface area (TPSA) is 24.4 Å². The van der Waals surface area contributed by atoms with Crippen LogP contribution in [0.15, 0.2) is 29.3 Å². The van der Waals surface area contributed by atoms with E-state index in [4.69, 9.17) is 11.6 Å². The van der Waals surface area contributed by atoms with Crippen LogP contribution in [0.3, 0.4) is 0 Å². The zero-order valence-corrected chi connectivity index (χ0v) is 10.1. The van der Waals surface area contributed by atoms with Crippen LogP contribution in [0.2, 0.25) is 5.02 Å². The lowest BCUT2D eigenvalue weighted by molar-refractivity contribution is 0.728. The standard InChI is InChI=1S/C13H17ClN2/c14-12-7-4-3-6-11(12)10-16-13-8-2-1-5-9-15-13/h3-4,6-7H,1-2,5,8-10H2,(H,15,16). The molecule has 0 aromatic heterocycles. The number of aliphatic imine (C=N–C) groups is 1. The molecule has 3 heteroatoms. The van der Waals surface area contributed by atoms with Crippen molar-refractivity contribution in [1.29, 1.82) is 0 Å². The molecule has 16 heavy (non-hydrogen) atoms. The third kappa shape index (κ3) is 3.24. The molecule has 2 rings (SSSR count). The Morgan fingerprint density at radius 3 is 2.94 bits per heavy atom. The van der Waals surface area contributed by atoms with E-state index in [1.54, 1.807) is 0 Å². The lowest BCUT2D eigenvalue weighted by Gasteiger charge is -2.09. The predicted molar refractivity (Wildman–Crippen MR) is 69.1 cm³/mol. The van der Waals surface area contributed by atoms with E-state index >= 15 is 0 Å². The van der Waals surface area contributed by atoms with Gasteiger partial charge in [0.2, 0.25) is 0 Å². The van der Waals surface area contributed by atoms with Crippen molar-refractivity contribution in [2.24, 2.45) is 4.99 Å². The fourth-order valence-corrected chi connectivity index (χ4v) is 2.06. The highest BCUT2D eigenvalue weighted by molar-refractivity contribution is 6.31. The molecule has 0 unspecified atom stereocenters. The van der Waals surface area contributed by atoms with E-state index < -0.39 is 0 Å². The molecule has 1 aliphatic rings. The maximum absolute atomic E-state index is 6.09. The van der Waals surface area contributed by atoms with Gasteiger partial charge in [0, 0.05) is 24.5 Å². The van der Waals surface area contributed by atoms with Crippen molar-refractivity contribution in [3.05, 3.63) is 34.9 Å². The van der Waals surface area contributed by atoms with Gasteiger partial charge in [-0.05, 0) is 24.5 Å². The molecule has 1 heterocycles. The molecule has 1 N–H and O–H groups in total. The number of benzene rings is 1. The van der Waals surface area contributed by atoms with Gasteiger partial charge in [0.1, 0.15) is 0 Å². The van der Waals surface area contributed by atoms with Gasteiger partial charge in [-0.3, -0.25) is 4.99 Å². The molecule has 0 saturated heterocycles. The highest BCUT2D eigenvalue weighted by atomic mass is 35.5. The number of nitrogens with zero attached hydrogens (tertiary/aromatic N) is 1. The van der Waals surface area contributed by atoms with Gasteiger partial charge in [-0.15, -0.1) is 0 Å². The van der Waals surface area contributed by atoms with E-state index in [1.807, 2.05) is 24.3 Å². The van der Waals surface area contributed by atoms with Crippen molar-refractivity contribution in [2.75, 3.05) is 6.54 Å². The van der Waals surface area contributed by atoms with Crippen molar-refractivity contribution in [1.82, 2.24) is 5.32 Å². The molecular formula is C13H17ClN2. The molecule has 86 valence electrons. The highest BCUT2D eigenvalue weighted by Crippen LogP contribution is 2.14. The molecule has 0 atom stereocenters. The first kappa shape index (κ1) is 11.5. The summed E-state index contributed by atoms with van der Waals surface area (Å²) in [5, 5.41) is 4.21. The van der Waals surface area contributed by atoms with Crippen molar-refractivity contribution >= 4 is 17.4 Å². The van der Waals surface area contributed by atoms with Crippen LogP contribution in [0.4, 0.5) is 0 Å². The second-order valence-corrected chi connectivity index (χ2v) is 4.49. The smallest absolute Gasteiger partial charge is 0.0965 e. The molecule has 0 spiro atoms. The van der Waals surface area contributed by atoms with Crippen LogP contribution in [0.1, 0.15) is 31.2 Å². The van der Waals surface area contributed by atoms with Gasteiger partial charge in [-0.2, -0.15) is 0 Å². The summed E-state index contributed by atoms with van der Waals surface area (Å²) in [6.07, 6.45) is 4.83. The van der Waals surface area contributed by atoms with E-state index in [9.17, 15) is 0 Å². The minimum absolute atomic E-state index is 0.776. The number of halogens is 1. The van der Waals surface area contributed by atoms with Gasteiger partial charge in [-0.1, -0.05) is 36.2 Å². The van der Waals surface area contributed by atoms with E-state index in [1.165, 1.54) is 19.3 Å². The molecule has 0 aliphatic carbocycles. The van der Waals surface area contributed by atoms with E-state index in [2.05, 4.69) is 10.3 Å². The lowest BCUT2D eigenvalue weighted by atomic mass is 10.2. The van der Waals surface area contributed by atoms with Gasteiger partial charge < -0.3 is 5.32 Å². The Kier molecular flexibility index (Phi) is 4.23. The number of amidine groups is 1. The quantitative estimate of drug-likeness (QED) is 0.836. The van der Waals surface area contributed by atoms with Crippen LogP contribution in [0.5, 0.6) is 0 Å². The molecule has 0 fully saturated rings. The molecule has 1 aromatic carbocycles. The monoisotopic (exact) mass is 236 g/mol. The number of nitrogens with one attached hydrogen (secondary N) is 1. The Morgan fingerprint density at radius 2 is 2.06 bits per heavy atom. The van der Waals surface area contributed by atoms with Gasteiger partial charge in [0.15, 0.2) is 0 Å². The second-order valence-electron chi connectivity index (χ2n) is 4.08. The third-order valence-electron chi connectivity index (χ3n) is 2.82. The average Bonchev–Trinajstić information content (AvgIpc) is 2.56. The second kappa shape index (κ2) is 5.90. The summed E-state index contributed by atoms with van der Waals surface area (Å²) in [4.78, 5) is 4.53. The zero-order chi connectivity index (χ0) is 11.2. The van der Waals surface area contributed by atoms with Gasteiger partial charge >= 0.3 is 0 Å². The average molecular weight is 237 g/mol. The number of hydrogen-bond donors (Lipinski definition) is 1. The Labute approximate surface area is 102 Å². The molecule has 0 saturated carbocycles. The van der Waals surface area contributed by atoms with Gasteiger partial charge in [0.05, 0.1) is 5.84 Å². The minimum Gasteiger partial charge on any atom is -0.370 e. The van der Waals surface area contributed by atoms with E-state index in [0.717, 1.165) is 35.9 Å². The minimum atomic E-state index is 0.776. The Morgan fingerprint density at radius 1 is 1.19 bits per heavy atom. The first-order chi connectivity index (χ1) is 7.86. The van der Waals surface area contributed by atoms with Crippen LogP contribution in [-0.4, -0.2) is 12.4 Å². The van der Waals surface area contributed by atoms with Gasteiger partial charge in [-0.25, -0.2) is 0 Å². The summed E-state index contributed by atoms with van der Waals surface area (Å²) in [5.41, 5.74) is 1.14. The van der Waals surface area contributed by atoms with Crippen molar-refractivity contribution < 1.29 is 0 Å². The van der Waals surface area contributed by atoms with E-state index in [0.29, 0.717) is 0 Å². The maximum Gasteiger partial charge on any atom is 0.0965 e. The summed E-state index contributed by atoms with van der Waals surface area (Å²) in [6.45, 7) is 1.74. The van der Waals surface area contributed by atoms with Crippen LogP contribution < -0.4 is 5.32 Å². The highest BCUT2D eigenvalue weighted by Gasteiger charge is 2.04. The van der Waals surface area contributed by atoms with Crippen LogP contribution in [-0.2, 0) is 6.54 Å². The van der Waals surface area contributed by atoms with Crippen LogP contribution in [0, 0.1) is 0 Å².